The van der Waals surface area contributed by atoms with Crippen LogP contribution in [0.25, 0.3) is 0 Å². The molecule has 0 radical (unpaired) electrons. The summed E-state index contributed by atoms with van der Waals surface area (Å²) in [5.41, 5.74) is -0.444. The molecule has 0 aliphatic carbocycles. The van der Waals surface area contributed by atoms with E-state index in [0.29, 0.717) is 18.7 Å². The number of ether oxygens (including phenoxy) is 1. The number of urea groups is 1. The van der Waals surface area contributed by atoms with E-state index in [9.17, 15) is 22.4 Å². The van der Waals surface area contributed by atoms with Crippen LogP contribution in [0, 0.1) is 5.82 Å². The second-order valence-electron chi connectivity index (χ2n) is 5.66. The van der Waals surface area contributed by atoms with Crippen LogP contribution in [-0.4, -0.2) is 29.0 Å². The number of anilines is 1. The largest absolute Gasteiger partial charge is 0.435 e. The molecule has 2 heterocycles. The van der Waals surface area contributed by atoms with Crippen LogP contribution in [-0.2, 0) is 30.5 Å². The van der Waals surface area contributed by atoms with Crippen molar-refractivity contribution < 1.29 is 27.1 Å². The monoisotopic (exact) mass is 372 g/mol. The molecule has 10 heteroatoms. The summed E-state index contributed by atoms with van der Waals surface area (Å²) < 4.78 is 59.0. The summed E-state index contributed by atoms with van der Waals surface area (Å²) in [6.45, 7) is 0.276. The maximum absolute atomic E-state index is 13.5. The number of alkyl halides is 3. The zero-order valence-corrected chi connectivity index (χ0v) is 13.6. The summed E-state index contributed by atoms with van der Waals surface area (Å²) in [7, 11) is 0. The van der Waals surface area contributed by atoms with E-state index in [1.54, 1.807) is 6.07 Å². The molecule has 1 aromatic carbocycles. The Balaban J connectivity index is 1.62. The van der Waals surface area contributed by atoms with Crippen LogP contribution in [0.2, 0.25) is 0 Å². The van der Waals surface area contributed by atoms with Crippen LogP contribution >= 0.6 is 0 Å². The summed E-state index contributed by atoms with van der Waals surface area (Å²) in [6, 6.07) is 4.99. The van der Waals surface area contributed by atoms with Crippen LogP contribution < -0.4 is 10.6 Å². The summed E-state index contributed by atoms with van der Waals surface area (Å²) >= 11 is 0. The summed E-state index contributed by atoms with van der Waals surface area (Å²) in [6.07, 6.45) is -4.24. The number of amides is 2. The zero-order chi connectivity index (χ0) is 18.7. The summed E-state index contributed by atoms with van der Waals surface area (Å²) in [5.74, 6) is -0.585. The van der Waals surface area contributed by atoms with Gasteiger partial charge in [0.05, 0.1) is 25.4 Å². The Morgan fingerprint density at radius 2 is 2.08 bits per heavy atom. The third-order valence-electron chi connectivity index (χ3n) is 3.90. The number of fused-ring (bicyclic) bond motifs is 1. The van der Waals surface area contributed by atoms with Gasteiger partial charge in [-0.1, -0.05) is 12.1 Å². The topological polar surface area (TPSA) is 68.2 Å². The van der Waals surface area contributed by atoms with Gasteiger partial charge in [0.1, 0.15) is 5.82 Å². The van der Waals surface area contributed by atoms with E-state index in [-0.39, 0.29) is 30.9 Å². The number of benzene rings is 1. The normalized spacial score (nSPS) is 14.0. The van der Waals surface area contributed by atoms with Crippen LogP contribution in [0.4, 0.5) is 28.0 Å². The van der Waals surface area contributed by atoms with Crippen molar-refractivity contribution in [2.24, 2.45) is 0 Å². The maximum Gasteiger partial charge on any atom is 0.435 e. The molecule has 1 aliphatic rings. The molecule has 0 saturated heterocycles. The molecule has 1 aliphatic heterocycles. The Bertz CT molecular complexity index is 804. The van der Waals surface area contributed by atoms with Crippen molar-refractivity contribution in [2.75, 3.05) is 18.5 Å². The van der Waals surface area contributed by atoms with E-state index in [1.807, 2.05) is 0 Å². The van der Waals surface area contributed by atoms with E-state index in [0.717, 1.165) is 0 Å². The number of hydrogen-bond donors (Lipinski definition) is 2. The molecule has 2 amide bonds. The highest BCUT2D eigenvalue weighted by molar-refractivity contribution is 5.89. The predicted molar refractivity (Wildman–Crippen MR) is 84.0 cm³/mol. The highest BCUT2D eigenvalue weighted by atomic mass is 19.4. The second kappa shape index (κ2) is 7.32. The lowest BCUT2D eigenvalue weighted by Crippen LogP contribution is -2.32. The molecule has 0 unspecified atom stereocenters. The number of carbonyl (C=O) groups excluding carboxylic acids is 1. The molecule has 0 spiro atoms. The number of nitrogens with one attached hydrogen (secondary N) is 2. The van der Waals surface area contributed by atoms with Crippen LogP contribution in [0.5, 0.6) is 0 Å². The van der Waals surface area contributed by atoms with Crippen molar-refractivity contribution in [3.05, 3.63) is 47.0 Å². The lowest BCUT2D eigenvalue weighted by molar-refractivity contribution is -0.142. The molecule has 0 atom stereocenters. The first-order valence-corrected chi connectivity index (χ1v) is 7.89. The number of nitrogens with zero attached hydrogens (tertiary/aromatic N) is 2. The fourth-order valence-corrected chi connectivity index (χ4v) is 2.73. The average Bonchev–Trinajstić information content (AvgIpc) is 2.96. The molecule has 0 bridgehead atoms. The number of para-hydroxylation sites is 1. The SMILES string of the molecule is O=C(NCCn1nc(C(F)(F)F)c2c1CCOC2)Nc1ccccc1F. The number of carbonyl (C=O) groups is 1. The highest BCUT2D eigenvalue weighted by Gasteiger charge is 2.39. The Morgan fingerprint density at radius 1 is 1.31 bits per heavy atom. The standard InChI is InChI=1S/C16H16F4N4O2/c17-11-3-1-2-4-12(11)22-15(25)21-6-7-24-13-5-8-26-9-10(13)14(23-24)16(18,19)20/h1-4H,5-9H2,(H2,21,22,25). The molecular weight excluding hydrogens is 356 g/mol. The van der Waals surface area contributed by atoms with Crippen LogP contribution in [0.15, 0.2) is 24.3 Å². The van der Waals surface area contributed by atoms with E-state index in [1.165, 1.54) is 22.9 Å². The van der Waals surface area contributed by atoms with Gasteiger partial charge in [0.25, 0.3) is 0 Å². The molecule has 0 saturated carbocycles. The van der Waals surface area contributed by atoms with Crippen LogP contribution in [0.3, 0.4) is 0 Å². The van der Waals surface area contributed by atoms with Crippen molar-refractivity contribution in [3.8, 4) is 0 Å². The summed E-state index contributed by atoms with van der Waals surface area (Å²) in [4.78, 5) is 11.8. The molecule has 6 nitrogen and oxygen atoms in total. The van der Waals surface area contributed by atoms with Gasteiger partial charge in [-0.2, -0.15) is 18.3 Å². The number of hydrogen-bond acceptors (Lipinski definition) is 3. The van der Waals surface area contributed by atoms with Gasteiger partial charge in [0.15, 0.2) is 5.69 Å². The third kappa shape index (κ3) is 3.96. The van der Waals surface area contributed by atoms with Gasteiger partial charge in [0, 0.05) is 24.2 Å². The molecular formula is C16H16F4N4O2. The Hall–Kier alpha value is -2.62. The van der Waals surface area contributed by atoms with Gasteiger partial charge in [-0.15, -0.1) is 0 Å². The number of aromatic nitrogens is 2. The number of halogens is 4. The number of rotatable bonds is 4. The van der Waals surface area contributed by atoms with E-state index < -0.39 is 23.7 Å². The highest BCUT2D eigenvalue weighted by Crippen LogP contribution is 2.34. The van der Waals surface area contributed by atoms with Gasteiger partial charge in [-0.3, -0.25) is 4.68 Å². The van der Waals surface area contributed by atoms with E-state index in [2.05, 4.69) is 15.7 Å². The van der Waals surface area contributed by atoms with E-state index in [4.69, 9.17) is 4.74 Å². The molecule has 0 fully saturated rings. The van der Waals surface area contributed by atoms with Crippen LogP contribution in [0.1, 0.15) is 17.0 Å². The molecule has 2 N–H and O–H groups in total. The predicted octanol–water partition coefficient (Wildman–Crippen LogP) is 2.94. The average molecular weight is 372 g/mol. The first-order valence-electron chi connectivity index (χ1n) is 7.89. The van der Waals surface area contributed by atoms with Gasteiger partial charge in [0.2, 0.25) is 0 Å². The third-order valence-corrected chi connectivity index (χ3v) is 3.90. The van der Waals surface area contributed by atoms with Crippen molar-refractivity contribution in [3.63, 3.8) is 0 Å². The van der Waals surface area contributed by atoms with E-state index >= 15 is 0 Å². The Labute approximate surface area is 146 Å². The minimum atomic E-state index is -4.56. The van der Waals surface area contributed by atoms with Gasteiger partial charge >= 0.3 is 12.2 Å². The van der Waals surface area contributed by atoms with Gasteiger partial charge < -0.3 is 15.4 Å². The molecule has 140 valence electrons. The maximum atomic E-state index is 13.5. The quantitative estimate of drug-likeness (QED) is 0.811. The minimum Gasteiger partial charge on any atom is -0.376 e. The van der Waals surface area contributed by atoms with Crippen molar-refractivity contribution in [1.29, 1.82) is 0 Å². The Kier molecular flexibility index (Phi) is 5.12. The first kappa shape index (κ1) is 18.2. The molecule has 2 aromatic rings. The van der Waals surface area contributed by atoms with Crippen molar-refractivity contribution >= 4 is 11.7 Å². The van der Waals surface area contributed by atoms with Gasteiger partial charge in [-0.05, 0) is 12.1 Å². The fraction of sp³-hybridized carbons (Fsp3) is 0.375. The second-order valence-corrected chi connectivity index (χ2v) is 5.66. The first-order chi connectivity index (χ1) is 12.4. The lowest BCUT2D eigenvalue weighted by atomic mass is 10.1. The van der Waals surface area contributed by atoms with Gasteiger partial charge in [-0.25, -0.2) is 9.18 Å². The fourth-order valence-electron chi connectivity index (χ4n) is 2.73. The molecule has 1 aromatic heterocycles. The smallest absolute Gasteiger partial charge is 0.376 e. The van der Waals surface area contributed by atoms with Crippen molar-refractivity contribution in [2.45, 2.75) is 25.7 Å². The minimum absolute atomic E-state index is 0.0120. The molecule has 3 rings (SSSR count). The van der Waals surface area contributed by atoms with Crippen molar-refractivity contribution in [1.82, 2.24) is 15.1 Å². The summed E-state index contributed by atoms with van der Waals surface area (Å²) in [5, 5.41) is 8.44. The Morgan fingerprint density at radius 3 is 2.81 bits per heavy atom. The molecule has 26 heavy (non-hydrogen) atoms. The zero-order valence-electron chi connectivity index (χ0n) is 13.6. The lowest BCUT2D eigenvalue weighted by Gasteiger charge is -2.15.